The second-order valence-corrected chi connectivity index (χ2v) is 7.29. The normalized spacial score (nSPS) is 15.4. The highest BCUT2D eigenvalue weighted by Crippen LogP contribution is 2.36. The van der Waals surface area contributed by atoms with Crippen LogP contribution in [0.1, 0.15) is 12.8 Å². The fourth-order valence-corrected chi connectivity index (χ4v) is 3.60. The Labute approximate surface area is 169 Å². The van der Waals surface area contributed by atoms with Gasteiger partial charge in [-0.25, -0.2) is 9.78 Å². The molecule has 0 unspecified atom stereocenters. The summed E-state index contributed by atoms with van der Waals surface area (Å²) in [5, 5.41) is 6.03. The van der Waals surface area contributed by atoms with Crippen LogP contribution in [0.25, 0.3) is 0 Å². The zero-order chi connectivity index (χ0) is 20.3. The molecule has 2 heterocycles. The summed E-state index contributed by atoms with van der Waals surface area (Å²) in [4.78, 5) is 18.3. The molecule has 0 radical (unpaired) electrons. The number of piperidine rings is 1. The van der Waals surface area contributed by atoms with Crippen molar-refractivity contribution >= 4 is 46.4 Å². The number of aromatic nitrogens is 1. The van der Waals surface area contributed by atoms with E-state index in [-0.39, 0.29) is 25.9 Å². The minimum atomic E-state index is -4.19. The molecule has 1 aromatic carbocycles. The summed E-state index contributed by atoms with van der Waals surface area (Å²) in [6.07, 6.45) is -2.67. The molecule has 0 spiro atoms. The molecule has 150 valence electrons. The van der Waals surface area contributed by atoms with Crippen molar-refractivity contribution in [2.75, 3.05) is 28.6 Å². The number of rotatable bonds is 3. The number of benzene rings is 1. The first-order valence-corrected chi connectivity index (χ1v) is 9.29. The molecular formula is C18H17Cl2F3N4O. The van der Waals surface area contributed by atoms with Gasteiger partial charge in [0.2, 0.25) is 0 Å². The van der Waals surface area contributed by atoms with Crippen LogP contribution in [0.5, 0.6) is 0 Å². The van der Waals surface area contributed by atoms with Gasteiger partial charge in [0.05, 0.1) is 11.6 Å². The molecule has 28 heavy (non-hydrogen) atoms. The maximum atomic E-state index is 12.9. The van der Waals surface area contributed by atoms with Crippen LogP contribution in [0.3, 0.4) is 0 Å². The van der Waals surface area contributed by atoms with Crippen LogP contribution in [-0.2, 0) is 0 Å². The number of hydrogen-bond acceptors (Lipinski definition) is 3. The Kier molecular flexibility index (Phi) is 6.20. The molecule has 1 aliphatic heterocycles. The second kappa shape index (κ2) is 8.45. The molecule has 1 saturated heterocycles. The Balaban J connectivity index is 1.68. The number of alkyl halides is 3. The van der Waals surface area contributed by atoms with E-state index in [1.807, 2.05) is 0 Å². The molecule has 1 aliphatic rings. The van der Waals surface area contributed by atoms with Gasteiger partial charge in [0.25, 0.3) is 0 Å². The molecule has 3 rings (SSSR count). The van der Waals surface area contributed by atoms with E-state index in [1.165, 1.54) is 12.3 Å². The number of urea groups is 1. The minimum Gasteiger partial charge on any atom is -0.355 e. The molecule has 2 aromatic rings. The highest BCUT2D eigenvalue weighted by Gasteiger charge is 2.41. The van der Waals surface area contributed by atoms with Crippen molar-refractivity contribution in [2.45, 2.75) is 19.0 Å². The predicted molar refractivity (Wildman–Crippen MR) is 104 cm³/mol. The summed E-state index contributed by atoms with van der Waals surface area (Å²) in [5.74, 6) is -0.873. The van der Waals surface area contributed by atoms with Gasteiger partial charge >= 0.3 is 12.2 Å². The zero-order valence-corrected chi connectivity index (χ0v) is 16.1. The van der Waals surface area contributed by atoms with Crippen molar-refractivity contribution in [2.24, 2.45) is 5.92 Å². The Hall–Kier alpha value is -2.19. The topological polar surface area (TPSA) is 57.3 Å². The van der Waals surface area contributed by atoms with Crippen molar-refractivity contribution in [3.8, 4) is 0 Å². The minimum absolute atomic E-state index is 0.00722. The number of anilines is 3. The predicted octanol–water partition coefficient (Wildman–Crippen LogP) is 5.81. The number of nitrogens with zero attached hydrogens (tertiary/aromatic N) is 2. The standard InChI is InChI=1S/C18H17Cl2F3N4O/c19-12-8-13(20)10-14(9-12)25-17(28)26-15-2-1-5-24-16(15)27-6-3-11(4-7-27)18(21,22)23/h1-2,5,8-11H,3-4,6-7H2,(H2,25,26,28). The third-order valence-electron chi connectivity index (χ3n) is 4.41. The van der Waals surface area contributed by atoms with Gasteiger partial charge in [0.15, 0.2) is 5.82 Å². The smallest absolute Gasteiger partial charge is 0.355 e. The van der Waals surface area contributed by atoms with E-state index in [4.69, 9.17) is 23.2 Å². The number of pyridine rings is 1. The molecule has 0 atom stereocenters. The molecular weight excluding hydrogens is 416 g/mol. The van der Waals surface area contributed by atoms with Gasteiger partial charge in [0, 0.05) is 35.0 Å². The van der Waals surface area contributed by atoms with E-state index in [0.29, 0.717) is 27.2 Å². The lowest BCUT2D eigenvalue weighted by molar-refractivity contribution is -0.179. The van der Waals surface area contributed by atoms with Crippen molar-refractivity contribution in [1.29, 1.82) is 0 Å². The summed E-state index contributed by atoms with van der Waals surface area (Å²) < 4.78 is 38.6. The van der Waals surface area contributed by atoms with Crippen molar-refractivity contribution in [3.05, 3.63) is 46.6 Å². The molecule has 1 aromatic heterocycles. The molecule has 0 aliphatic carbocycles. The third kappa shape index (κ3) is 5.20. The largest absolute Gasteiger partial charge is 0.391 e. The first-order valence-electron chi connectivity index (χ1n) is 8.53. The maximum absolute atomic E-state index is 12.9. The lowest BCUT2D eigenvalue weighted by Crippen LogP contribution is -2.39. The summed E-state index contributed by atoms with van der Waals surface area (Å²) in [6, 6.07) is 7.35. The Bertz CT molecular complexity index is 835. The van der Waals surface area contributed by atoms with E-state index < -0.39 is 18.1 Å². The molecule has 0 bridgehead atoms. The fraction of sp³-hybridized carbons (Fsp3) is 0.333. The molecule has 10 heteroatoms. The van der Waals surface area contributed by atoms with Gasteiger partial charge in [0.1, 0.15) is 0 Å². The number of carbonyl (C=O) groups is 1. The summed E-state index contributed by atoms with van der Waals surface area (Å²) in [6.45, 7) is 0.419. The van der Waals surface area contributed by atoms with Gasteiger partial charge in [-0.15, -0.1) is 0 Å². The van der Waals surface area contributed by atoms with E-state index in [2.05, 4.69) is 15.6 Å². The maximum Gasteiger partial charge on any atom is 0.391 e. The van der Waals surface area contributed by atoms with Gasteiger partial charge in [-0.05, 0) is 43.2 Å². The Morgan fingerprint density at radius 1 is 1.11 bits per heavy atom. The number of hydrogen-bond donors (Lipinski definition) is 2. The van der Waals surface area contributed by atoms with Crippen LogP contribution in [0.2, 0.25) is 10.0 Å². The van der Waals surface area contributed by atoms with Gasteiger partial charge < -0.3 is 15.5 Å². The van der Waals surface area contributed by atoms with E-state index in [0.717, 1.165) is 0 Å². The Morgan fingerprint density at radius 2 is 1.75 bits per heavy atom. The highest BCUT2D eigenvalue weighted by atomic mass is 35.5. The average molecular weight is 433 g/mol. The second-order valence-electron chi connectivity index (χ2n) is 6.41. The molecule has 2 amide bonds. The average Bonchev–Trinajstić information content (AvgIpc) is 2.60. The molecule has 5 nitrogen and oxygen atoms in total. The summed E-state index contributed by atoms with van der Waals surface area (Å²) >= 11 is 11.8. The number of carbonyl (C=O) groups excluding carboxylic acids is 1. The molecule has 0 saturated carbocycles. The van der Waals surface area contributed by atoms with Crippen LogP contribution in [0.4, 0.5) is 35.2 Å². The van der Waals surface area contributed by atoms with Gasteiger partial charge in [-0.1, -0.05) is 23.2 Å². The zero-order valence-electron chi connectivity index (χ0n) is 14.6. The summed E-state index contributed by atoms with van der Waals surface area (Å²) in [7, 11) is 0. The fourth-order valence-electron chi connectivity index (χ4n) is 3.08. The van der Waals surface area contributed by atoms with Gasteiger partial charge in [-0.2, -0.15) is 13.2 Å². The van der Waals surface area contributed by atoms with E-state index in [1.54, 1.807) is 29.2 Å². The lowest BCUT2D eigenvalue weighted by Gasteiger charge is -2.34. The first kappa shape index (κ1) is 20.5. The summed E-state index contributed by atoms with van der Waals surface area (Å²) in [5.41, 5.74) is 0.810. The van der Waals surface area contributed by atoms with Crippen LogP contribution in [0.15, 0.2) is 36.5 Å². The van der Waals surface area contributed by atoms with Crippen LogP contribution < -0.4 is 15.5 Å². The number of amides is 2. The number of nitrogens with one attached hydrogen (secondary N) is 2. The van der Waals surface area contributed by atoms with Crippen molar-refractivity contribution in [1.82, 2.24) is 4.98 Å². The van der Waals surface area contributed by atoms with Crippen LogP contribution in [-0.4, -0.2) is 30.3 Å². The van der Waals surface area contributed by atoms with Gasteiger partial charge in [-0.3, -0.25) is 0 Å². The van der Waals surface area contributed by atoms with E-state index >= 15 is 0 Å². The van der Waals surface area contributed by atoms with Crippen molar-refractivity contribution in [3.63, 3.8) is 0 Å². The van der Waals surface area contributed by atoms with Crippen LogP contribution >= 0.6 is 23.2 Å². The van der Waals surface area contributed by atoms with Crippen LogP contribution in [0, 0.1) is 5.92 Å². The SMILES string of the molecule is O=C(Nc1cc(Cl)cc(Cl)c1)Nc1cccnc1N1CCC(C(F)(F)F)CC1. The first-order chi connectivity index (χ1) is 13.2. The monoisotopic (exact) mass is 432 g/mol. The molecule has 1 fully saturated rings. The third-order valence-corrected chi connectivity index (χ3v) is 4.85. The quantitative estimate of drug-likeness (QED) is 0.642. The number of halogens is 5. The van der Waals surface area contributed by atoms with Crippen molar-refractivity contribution < 1.29 is 18.0 Å². The van der Waals surface area contributed by atoms with E-state index in [9.17, 15) is 18.0 Å². The molecule has 2 N–H and O–H groups in total. The Morgan fingerprint density at radius 3 is 2.36 bits per heavy atom. The highest BCUT2D eigenvalue weighted by molar-refractivity contribution is 6.35. The lowest BCUT2D eigenvalue weighted by atomic mass is 9.96.